The number of halogens is 2. The number of hydrogen-bond acceptors (Lipinski definition) is 1. The van der Waals surface area contributed by atoms with Crippen molar-refractivity contribution in [3.8, 4) is 0 Å². The Morgan fingerprint density at radius 3 is 1.42 bits per heavy atom. The molecule has 0 aliphatic carbocycles. The van der Waals surface area contributed by atoms with Gasteiger partial charge in [0.2, 0.25) is 0 Å². The van der Waals surface area contributed by atoms with Crippen molar-refractivity contribution in [2.24, 2.45) is 0 Å². The fourth-order valence-corrected chi connectivity index (χ4v) is 13.5. The Labute approximate surface area is 237 Å². The van der Waals surface area contributed by atoms with Gasteiger partial charge in [-0.15, -0.1) is 0 Å². The molecule has 2 aromatic heterocycles. The fourth-order valence-electron chi connectivity index (χ4n) is 5.94. The molecule has 2 aromatic rings. The molecule has 0 N–H and O–H groups in total. The zero-order valence-corrected chi connectivity index (χ0v) is 29.1. The molecule has 0 saturated heterocycles. The molecule has 6 heteroatoms. The summed E-state index contributed by atoms with van der Waals surface area (Å²) in [6.45, 7) is 34.7. The molecule has 0 spiro atoms. The molecule has 0 aliphatic heterocycles. The van der Waals surface area contributed by atoms with Crippen LogP contribution in [-0.4, -0.2) is 23.6 Å². The quantitative estimate of drug-likeness (QED) is 0.348. The first kappa shape index (κ1) is 33.3. The van der Waals surface area contributed by atoms with Crippen LogP contribution in [0, 0.1) is 0 Å². The summed E-state index contributed by atoms with van der Waals surface area (Å²) in [5.74, 6) is 0.795. The lowest BCUT2D eigenvalue weighted by Gasteiger charge is -2.53. The first-order chi connectivity index (χ1) is 16.5. The molecule has 0 saturated carbocycles. The molecule has 0 aliphatic rings. The predicted octanol–water partition coefficient (Wildman–Crippen LogP) is 11.6. The summed E-state index contributed by atoms with van der Waals surface area (Å²) in [4.78, 5) is 0. The molecule has 0 aromatic carbocycles. The van der Waals surface area contributed by atoms with Gasteiger partial charge < -0.3 is 8.98 Å². The summed E-state index contributed by atoms with van der Waals surface area (Å²) in [6, 6.07) is 7.82. The minimum atomic E-state index is -2.96. The zero-order valence-electron chi connectivity index (χ0n) is 27.4. The molecule has 2 rings (SSSR count). The highest BCUT2D eigenvalue weighted by Crippen LogP contribution is 2.76. The molecule has 0 bridgehead atoms. The number of nitrogens with zero attached hydrogens (tertiary/aromatic N) is 1. The van der Waals surface area contributed by atoms with Crippen molar-refractivity contribution >= 4 is 20.8 Å². The van der Waals surface area contributed by atoms with Gasteiger partial charge in [0.05, 0.1) is 5.03 Å². The Balaban J connectivity index is 2.81. The molecule has 0 radical (unpaired) electrons. The van der Waals surface area contributed by atoms with E-state index in [1.807, 2.05) is 100 Å². The summed E-state index contributed by atoms with van der Waals surface area (Å²) in [5, 5.41) is 1.20. The highest BCUT2D eigenvalue weighted by atomic mass is 32.3. The van der Waals surface area contributed by atoms with Gasteiger partial charge in [-0.1, -0.05) is 20.8 Å². The van der Waals surface area contributed by atoms with E-state index in [4.69, 9.17) is 4.42 Å². The minimum Gasteiger partial charge on any atom is -0.453 e. The summed E-state index contributed by atoms with van der Waals surface area (Å²) in [6.07, 6.45) is 0.475. The van der Waals surface area contributed by atoms with Crippen molar-refractivity contribution in [2.75, 3.05) is 0 Å². The smallest absolute Gasteiger partial charge is 0.170 e. The lowest BCUT2D eigenvalue weighted by Crippen LogP contribution is -2.41. The second kappa shape index (κ2) is 9.60. The van der Waals surface area contributed by atoms with Crippen LogP contribution in [0.4, 0.5) is 7.77 Å². The van der Waals surface area contributed by atoms with Crippen molar-refractivity contribution < 1.29 is 12.2 Å². The topological polar surface area (TPSA) is 18.1 Å². The van der Waals surface area contributed by atoms with Gasteiger partial charge in [0.25, 0.3) is 0 Å². The molecule has 0 fully saturated rings. The van der Waals surface area contributed by atoms with E-state index >= 15 is 7.77 Å². The van der Waals surface area contributed by atoms with Crippen LogP contribution in [0.2, 0.25) is 0 Å². The minimum absolute atomic E-state index is 0.205. The van der Waals surface area contributed by atoms with E-state index in [2.05, 4.69) is 46.1 Å². The molecule has 222 valence electrons. The molecule has 2 nitrogen and oxygen atoms in total. The van der Waals surface area contributed by atoms with Crippen LogP contribution in [0.25, 0.3) is 0 Å². The van der Waals surface area contributed by atoms with Crippen molar-refractivity contribution in [3.63, 3.8) is 0 Å². The van der Waals surface area contributed by atoms with Gasteiger partial charge in [0.15, 0.2) is 5.09 Å². The van der Waals surface area contributed by atoms with Crippen LogP contribution < -0.4 is 0 Å². The maximum atomic E-state index is 17.9. The predicted molar refractivity (Wildman–Crippen MR) is 168 cm³/mol. The van der Waals surface area contributed by atoms with E-state index in [1.165, 1.54) is 0 Å². The lowest BCUT2D eigenvalue weighted by atomic mass is 9.94. The Morgan fingerprint density at radius 1 is 0.632 bits per heavy atom. The second-order valence-electron chi connectivity index (χ2n) is 16.4. The van der Waals surface area contributed by atoms with E-state index in [1.54, 1.807) is 0 Å². The summed E-state index contributed by atoms with van der Waals surface area (Å²) >= 11 is 0. The van der Waals surface area contributed by atoms with Gasteiger partial charge in [-0.25, -0.2) is 0 Å². The van der Waals surface area contributed by atoms with Gasteiger partial charge >= 0.3 is 0 Å². The molecule has 1 atom stereocenters. The highest BCUT2D eigenvalue weighted by molar-refractivity contribution is 8.32. The third kappa shape index (κ3) is 5.51. The van der Waals surface area contributed by atoms with E-state index < -0.39 is 39.8 Å². The number of hydrogen-bond donors (Lipinski definition) is 0. The molecule has 2 heterocycles. The van der Waals surface area contributed by atoms with Crippen molar-refractivity contribution in [2.45, 2.75) is 164 Å². The number of rotatable bonds is 5. The van der Waals surface area contributed by atoms with Crippen LogP contribution in [0.3, 0.4) is 0 Å². The first-order valence-electron chi connectivity index (χ1n) is 13.9. The van der Waals surface area contributed by atoms with Crippen LogP contribution in [0.15, 0.2) is 38.8 Å². The average molecular weight is 574 g/mol. The highest BCUT2D eigenvalue weighted by Gasteiger charge is 2.55. The van der Waals surface area contributed by atoms with E-state index in [0.717, 1.165) is 16.5 Å². The Kier molecular flexibility index (Phi) is 8.42. The van der Waals surface area contributed by atoms with Crippen LogP contribution in [-0.2, 0) is 17.4 Å². The maximum Gasteiger partial charge on any atom is 0.170 e. The van der Waals surface area contributed by atoms with Crippen LogP contribution in [0.1, 0.15) is 129 Å². The van der Waals surface area contributed by atoms with Crippen LogP contribution >= 0.6 is 20.8 Å². The first-order valence-corrected chi connectivity index (χ1v) is 17.0. The largest absolute Gasteiger partial charge is 0.453 e. The monoisotopic (exact) mass is 573 g/mol. The second-order valence-corrected chi connectivity index (χ2v) is 24.1. The number of furan rings is 1. The Bertz CT molecular complexity index is 1110. The third-order valence-corrected chi connectivity index (χ3v) is 15.8. The molecular weight excluding hydrogens is 516 g/mol. The van der Waals surface area contributed by atoms with Crippen molar-refractivity contribution in [3.05, 3.63) is 35.7 Å². The van der Waals surface area contributed by atoms with Gasteiger partial charge in [-0.3, -0.25) is 0 Å². The normalized spacial score (nSPS) is 17.9. The van der Waals surface area contributed by atoms with Gasteiger partial charge in [-0.05, 0) is 142 Å². The van der Waals surface area contributed by atoms with E-state index in [-0.39, 0.29) is 11.0 Å². The van der Waals surface area contributed by atoms with Crippen molar-refractivity contribution in [1.29, 1.82) is 0 Å². The van der Waals surface area contributed by atoms with Crippen LogP contribution in [0.5, 0.6) is 0 Å². The maximum absolute atomic E-state index is 17.9. The molecule has 0 amide bonds. The van der Waals surface area contributed by atoms with Crippen molar-refractivity contribution in [1.82, 2.24) is 4.57 Å². The summed E-state index contributed by atoms with van der Waals surface area (Å²) in [5.41, 5.74) is 0.399. The Morgan fingerprint density at radius 2 is 1.08 bits per heavy atom. The van der Waals surface area contributed by atoms with E-state index in [9.17, 15) is 0 Å². The van der Waals surface area contributed by atoms with Gasteiger partial charge in [0, 0.05) is 42.1 Å². The Hall–Kier alpha value is -0.880. The van der Waals surface area contributed by atoms with E-state index in [0.29, 0.717) is 11.5 Å². The fraction of sp³-hybridized carbons (Fsp3) is 0.750. The lowest BCUT2D eigenvalue weighted by molar-refractivity contribution is 0.345. The van der Waals surface area contributed by atoms with Gasteiger partial charge in [0.1, 0.15) is 5.76 Å². The molecule has 38 heavy (non-hydrogen) atoms. The summed E-state index contributed by atoms with van der Waals surface area (Å²) < 4.78 is 41.4. The van der Waals surface area contributed by atoms with Gasteiger partial charge in [-0.2, -0.15) is 7.77 Å². The SMILES string of the molecule is CC(C)(C)c1ccc(S(F)(C(C)(C)C)C(C)(C)Cc2ccc(S(F)(C(C)(C)C)C(C)(C)C)n2C(C)(C)C)o1. The molecule has 1 unspecified atom stereocenters. The summed E-state index contributed by atoms with van der Waals surface area (Å²) in [7, 11) is -5.73. The standard InChI is InChI=1S/C32H57F2NOS2/c1-27(2,3)24-19-21-26(36-24)38(34,31(13,14)15)32(16,17)22-23-18-20-25(35(23)28(4,5)6)37(33,29(7,8)9)30(10,11)12/h18-21H,22H2,1-17H3. The third-order valence-electron chi connectivity index (χ3n) is 7.38. The molecular formula is C32H57F2NOS2. The average Bonchev–Trinajstić information content (AvgIpc) is 3.30. The zero-order chi connectivity index (χ0) is 30.1. The number of aromatic nitrogens is 1.